The smallest absolute Gasteiger partial charge is 0.238 e. The van der Waals surface area contributed by atoms with Crippen LogP contribution >= 0.6 is 23.5 Å². The zero-order valence-corrected chi connectivity index (χ0v) is 52.7. The fraction of sp³-hybridized carbons (Fsp3) is 0.462. The predicted octanol–water partition coefficient (Wildman–Crippen LogP) is 5.07. The van der Waals surface area contributed by atoms with Gasteiger partial charge in [-0.2, -0.15) is 23.5 Å². The minimum atomic E-state index is -1.21. The molecular weight excluding hydrogens is 1140 g/mol. The number of benzene rings is 4. The molecule has 5 aromatic rings. The number of hydrogen-bond acceptors (Lipinski definition) is 19. The molecule has 4 heterocycles. The topological polar surface area (TPSA) is 312 Å². The van der Waals surface area contributed by atoms with Crippen molar-refractivity contribution in [2.45, 2.75) is 152 Å². The second-order valence-corrected chi connectivity index (χ2v) is 25.4. The number of Topliss-reactive ketones (excluding diaryl/α,β-unsaturated/α-hetero) is 7. The number of para-hydroxylation sites is 1. The molecule has 0 spiro atoms. The average Bonchev–Trinajstić information content (AvgIpc) is 2.88. The van der Waals surface area contributed by atoms with Gasteiger partial charge in [-0.1, -0.05) is 92.7 Å². The zero-order chi connectivity index (χ0) is 63.4. The summed E-state index contributed by atoms with van der Waals surface area (Å²) in [6, 6.07) is 23.8. The Labute approximate surface area is 518 Å². The van der Waals surface area contributed by atoms with E-state index < -0.39 is 88.7 Å². The minimum absolute atomic E-state index is 0.00770. The van der Waals surface area contributed by atoms with Crippen molar-refractivity contribution < 1.29 is 48.3 Å². The first-order chi connectivity index (χ1) is 41.4. The summed E-state index contributed by atoms with van der Waals surface area (Å²) in [5.41, 5.74) is 15.8. The van der Waals surface area contributed by atoms with E-state index in [0.717, 1.165) is 33.2 Å². The second-order valence-electron chi connectivity index (χ2n) is 23.4. The normalized spacial score (nSPS) is 25.0. The number of amides is 2. The van der Waals surface area contributed by atoms with Gasteiger partial charge >= 0.3 is 0 Å². The van der Waals surface area contributed by atoms with Crippen molar-refractivity contribution in [1.29, 1.82) is 0 Å². The highest BCUT2D eigenvalue weighted by Crippen LogP contribution is 2.27. The molecule has 0 aliphatic carbocycles. The molecule has 3 aliphatic heterocycles. The molecule has 0 radical (unpaired) electrons. The van der Waals surface area contributed by atoms with Crippen LogP contribution in [0.1, 0.15) is 103 Å². The van der Waals surface area contributed by atoms with E-state index in [2.05, 4.69) is 72.0 Å². The molecule has 20 nitrogen and oxygen atoms in total. The minimum Gasteiger partial charge on any atom is -0.508 e. The summed E-state index contributed by atoms with van der Waals surface area (Å²) in [5.74, 6) is -2.98. The van der Waals surface area contributed by atoms with Crippen molar-refractivity contribution in [3.05, 3.63) is 126 Å². The van der Waals surface area contributed by atoms with Crippen LogP contribution in [-0.4, -0.2) is 142 Å². The van der Waals surface area contributed by atoms with E-state index in [9.17, 15) is 48.3 Å². The third kappa shape index (κ3) is 20.7. The highest BCUT2D eigenvalue weighted by atomic mass is 32.2. The molecule has 0 saturated carbocycles. The third-order valence-corrected chi connectivity index (χ3v) is 18.6. The maximum atomic E-state index is 14.6. The van der Waals surface area contributed by atoms with E-state index in [1.807, 2.05) is 62.4 Å². The van der Waals surface area contributed by atoms with Gasteiger partial charge in [0.2, 0.25) is 23.4 Å². The maximum absolute atomic E-state index is 14.6. The Bertz CT molecular complexity index is 3190. The van der Waals surface area contributed by atoms with E-state index in [0.29, 0.717) is 34.1 Å². The number of carbonyl (C=O) groups excluding carboxylic acids is 9. The highest BCUT2D eigenvalue weighted by Gasteiger charge is 2.37. The lowest BCUT2D eigenvalue weighted by Crippen LogP contribution is -2.62. The molecule has 8 rings (SSSR count). The van der Waals surface area contributed by atoms with Gasteiger partial charge in [-0.3, -0.25) is 64.4 Å². The number of nitrogens with two attached hydrogens (primary N) is 1. The van der Waals surface area contributed by atoms with Gasteiger partial charge in [0.25, 0.3) is 0 Å². The number of hydrazine groups is 1. The Morgan fingerprint density at radius 3 is 1.83 bits per heavy atom. The zero-order valence-electron chi connectivity index (χ0n) is 51.1. The number of aromatic hydroxyl groups is 1. The molecule has 4 aromatic carbocycles. The molecule has 12 N–H and O–H groups in total. The van der Waals surface area contributed by atoms with E-state index >= 15 is 0 Å². The van der Waals surface area contributed by atoms with Crippen LogP contribution < -0.4 is 48.5 Å². The summed E-state index contributed by atoms with van der Waals surface area (Å²) in [6.07, 6.45) is 0.728. The van der Waals surface area contributed by atoms with Crippen molar-refractivity contribution in [1.82, 2.24) is 47.7 Å². The predicted molar refractivity (Wildman–Crippen MR) is 342 cm³/mol. The number of aromatic amines is 1. The molecule has 0 unspecified atom stereocenters. The summed E-state index contributed by atoms with van der Waals surface area (Å²) in [5, 5.41) is 29.2. The molecule has 0 saturated heterocycles. The Kier molecular flexibility index (Phi) is 26.3. The van der Waals surface area contributed by atoms with E-state index in [1.165, 1.54) is 37.7 Å². The van der Waals surface area contributed by atoms with Crippen LogP contribution in [0.5, 0.6) is 5.75 Å². The summed E-state index contributed by atoms with van der Waals surface area (Å²) >= 11 is 3.10. The van der Waals surface area contributed by atoms with Crippen molar-refractivity contribution in [3.63, 3.8) is 0 Å². The number of phenols is 1. The van der Waals surface area contributed by atoms with Crippen LogP contribution in [0.25, 0.3) is 22.0 Å². The fourth-order valence-electron chi connectivity index (χ4n) is 9.77. The van der Waals surface area contributed by atoms with E-state index in [-0.39, 0.29) is 80.9 Å². The van der Waals surface area contributed by atoms with Gasteiger partial charge in [-0.05, 0) is 118 Å². The number of phenolic OH excluding ortho intramolecular Hbond substituents is 1. The second kappa shape index (κ2) is 33.0. The summed E-state index contributed by atoms with van der Waals surface area (Å²) < 4.78 is 0. The Hall–Kier alpha value is -6.73. The molecular formula is C65H86N10O10S2. The van der Waals surface area contributed by atoms with Gasteiger partial charge in [-0.25, -0.2) is 10.9 Å². The van der Waals surface area contributed by atoms with Gasteiger partial charge < -0.3 is 26.5 Å². The van der Waals surface area contributed by atoms with E-state index in [1.54, 1.807) is 57.9 Å². The molecule has 87 heavy (non-hydrogen) atoms. The Morgan fingerprint density at radius 1 is 0.690 bits per heavy atom. The number of carbonyl (C=O) groups is 9. The average molecular weight is 1230 g/mol. The number of likely N-dealkylation sites (N-methyl/N-ethyl adjacent to an activating group) is 1. The van der Waals surface area contributed by atoms with Crippen LogP contribution in [0, 0.1) is 5.92 Å². The number of fused-ring (bicyclic) bond motifs is 3. The van der Waals surface area contributed by atoms with Gasteiger partial charge in [0.1, 0.15) is 5.75 Å². The fourth-order valence-corrected chi connectivity index (χ4v) is 12.2. The largest absolute Gasteiger partial charge is 0.508 e. The monoisotopic (exact) mass is 1230 g/mol. The Balaban J connectivity index is 1.26. The van der Waals surface area contributed by atoms with Crippen molar-refractivity contribution in [2.75, 3.05) is 31.9 Å². The third-order valence-electron chi connectivity index (χ3n) is 15.9. The maximum Gasteiger partial charge on any atom is 0.238 e. The van der Waals surface area contributed by atoms with Gasteiger partial charge in [0, 0.05) is 66.3 Å². The van der Waals surface area contributed by atoms with Gasteiger partial charge in [0.05, 0.1) is 60.2 Å². The molecule has 4 bridgehead atoms. The number of H-pyrrole nitrogens is 1. The molecule has 1 aromatic heterocycles. The van der Waals surface area contributed by atoms with Crippen molar-refractivity contribution in [2.24, 2.45) is 11.7 Å². The quantitative estimate of drug-likeness (QED) is 0.0607. The molecule has 8 atom stereocenters. The number of nitrogens with one attached hydrogen (secondary N) is 9. The van der Waals surface area contributed by atoms with Crippen molar-refractivity contribution >= 4 is 86.7 Å². The Morgan fingerprint density at radius 2 is 1.25 bits per heavy atom. The summed E-state index contributed by atoms with van der Waals surface area (Å²) in [4.78, 5) is 127. The van der Waals surface area contributed by atoms with E-state index in [4.69, 9.17) is 5.73 Å². The van der Waals surface area contributed by atoms with Crippen LogP contribution in [-0.2, 0) is 67.5 Å². The lowest BCUT2D eigenvalue weighted by molar-refractivity contribution is -0.140. The van der Waals surface area contributed by atoms with Crippen LogP contribution in [0.2, 0.25) is 0 Å². The summed E-state index contributed by atoms with van der Waals surface area (Å²) in [6.45, 7) is 11.7. The van der Waals surface area contributed by atoms with Crippen molar-refractivity contribution in [3.8, 4) is 16.9 Å². The standard InChI is InChI=1S/C65H86N10O10S2/c1-39(2)27-54-62(84)61(83)52(25-26-60(66)82)71-37-69-40(3)56(78)30-58(80)53(29-48-32-68-51-12-10-9-11-50(48)51)73-63(85)55(28-43-17-23-49(77)24-18-43)72-38-70-41(4)57(79)31-59(81)65(7,67-8)36-87-34-45-15-21-47(22-16-45)46-19-13-44(14-20-46)33-86-35-64(6,42(5)76)75-74-54/h9-24,32,39-41,52-55,67-72,74-75,77H,25-31,33-38H2,1-8H3,(H2,66,82)(H,73,85)/t40-,41-,52-,53-,54-,55-,64-,65+/m0/s1. The number of primary amides is 1. The highest BCUT2D eigenvalue weighted by molar-refractivity contribution is 7.98. The van der Waals surface area contributed by atoms with Crippen LogP contribution in [0.3, 0.4) is 0 Å². The number of hydrogen-bond donors (Lipinski definition) is 11. The first kappa shape index (κ1) is 69.4. The lowest BCUT2D eigenvalue weighted by Gasteiger charge is -2.31. The molecule has 3 aliphatic rings. The molecule has 468 valence electrons. The number of ketones is 7. The van der Waals surface area contributed by atoms with Gasteiger partial charge in [-0.15, -0.1) is 0 Å². The number of aromatic nitrogens is 1. The summed E-state index contributed by atoms with van der Waals surface area (Å²) in [7, 11) is 1.70. The number of thioether (sulfide) groups is 2. The van der Waals surface area contributed by atoms with Gasteiger partial charge in [0.15, 0.2) is 28.9 Å². The first-order valence-corrected chi connectivity index (χ1v) is 31.8. The van der Waals surface area contributed by atoms with Crippen LogP contribution in [0.4, 0.5) is 0 Å². The lowest BCUT2D eigenvalue weighted by atomic mass is 9.93. The first-order valence-electron chi connectivity index (χ1n) is 29.5. The SMILES string of the molecule is CN[C@]1(C)CSCc2ccc(cc2)-c2ccc(cc2)CSC[C@@](C)(C(C)=O)NN[C@@H](CC(C)C)C(=O)C(=O)[C@H](CCC(N)=O)NCN[C@@H](C)C(=O)CC(=O)[C@H](Cc2c[nH]c3ccccc23)NC(=O)[C@H](Cc2ccc(O)cc2)NCN[C@@H](C)C(=O)CC1=O. The van der Waals surface area contributed by atoms with Crippen LogP contribution in [0.15, 0.2) is 103 Å². The molecule has 22 heteroatoms. The number of rotatable bonds is 11. The molecule has 2 amide bonds. The molecule has 0 fully saturated rings.